The van der Waals surface area contributed by atoms with Gasteiger partial charge in [0.1, 0.15) is 43.0 Å². The molecule has 1 unspecified atom stereocenters. The quantitative estimate of drug-likeness (QED) is 0.321. The van der Waals surface area contributed by atoms with Crippen LogP contribution in [0.25, 0.3) is 5.95 Å². The van der Waals surface area contributed by atoms with Crippen LogP contribution >= 0.6 is 0 Å². The van der Waals surface area contributed by atoms with E-state index in [2.05, 4.69) is 26.2 Å². The Hall–Kier alpha value is -5.39. The molecule has 0 aliphatic carbocycles. The summed E-state index contributed by atoms with van der Waals surface area (Å²) in [5, 5.41) is 3.01. The fraction of sp³-hybridized carbons (Fsp3) is 0.267. The molecule has 218 valence electrons. The molecule has 1 N–H and O–H groups in total. The van der Waals surface area contributed by atoms with Crippen LogP contribution in [0, 0.1) is 0 Å². The summed E-state index contributed by atoms with van der Waals surface area (Å²) in [6, 6.07) is 12.0. The highest BCUT2D eigenvalue weighted by Gasteiger charge is 2.39. The topological polar surface area (TPSA) is 133 Å². The molecule has 13 heteroatoms. The molecule has 13 nitrogen and oxygen atoms in total. The normalized spacial score (nSPS) is 17.4. The molecule has 43 heavy (non-hydrogen) atoms. The molecule has 0 saturated carbocycles. The van der Waals surface area contributed by atoms with E-state index in [0.717, 1.165) is 11.1 Å². The number of nitrogens with zero attached hydrogens (tertiary/aromatic N) is 6. The number of hydrogen-bond donors (Lipinski definition) is 1. The molecule has 4 aromatic rings. The Morgan fingerprint density at radius 1 is 0.930 bits per heavy atom. The van der Waals surface area contributed by atoms with Crippen LogP contribution in [0.1, 0.15) is 11.1 Å². The Bertz CT molecular complexity index is 1710. The second-order valence-electron chi connectivity index (χ2n) is 10.1. The number of fused-ring (bicyclic) bond motifs is 2. The molecule has 0 spiro atoms. The maximum absolute atomic E-state index is 13.9. The van der Waals surface area contributed by atoms with Gasteiger partial charge < -0.3 is 29.2 Å². The molecular weight excluding hydrogens is 554 g/mol. The van der Waals surface area contributed by atoms with Crippen LogP contribution in [0.3, 0.4) is 0 Å². The van der Waals surface area contributed by atoms with Gasteiger partial charge in [0, 0.05) is 44.8 Å². The fourth-order valence-corrected chi connectivity index (χ4v) is 5.36. The van der Waals surface area contributed by atoms with E-state index in [1.807, 2.05) is 41.3 Å². The van der Waals surface area contributed by atoms with Crippen molar-refractivity contribution in [3.8, 4) is 28.9 Å². The van der Waals surface area contributed by atoms with Gasteiger partial charge in [-0.3, -0.25) is 14.3 Å². The lowest BCUT2D eigenvalue weighted by Crippen LogP contribution is -2.57. The third-order valence-corrected chi connectivity index (χ3v) is 7.41. The molecule has 0 bridgehead atoms. The number of anilines is 1. The lowest BCUT2D eigenvalue weighted by Gasteiger charge is -2.41. The molecule has 7 rings (SSSR count). The van der Waals surface area contributed by atoms with E-state index in [4.69, 9.17) is 18.9 Å². The first-order valence-corrected chi connectivity index (χ1v) is 13.8. The number of rotatable bonds is 7. The van der Waals surface area contributed by atoms with Gasteiger partial charge in [0.25, 0.3) is 0 Å². The average molecular weight is 582 g/mol. The predicted octanol–water partition coefficient (Wildman–Crippen LogP) is 1.88. The molecule has 3 aliphatic rings. The van der Waals surface area contributed by atoms with Crippen molar-refractivity contribution in [1.29, 1.82) is 0 Å². The maximum atomic E-state index is 13.9. The number of aromatic nitrogens is 4. The van der Waals surface area contributed by atoms with Gasteiger partial charge in [0.2, 0.25) is 18.6 Å². The van der Waals surface area contributed by atoms with Crippen molar-refractivity contribution < 1.29 is 28.5 Å². The summed E-state index contributed by atoms with van der Waals surface area (Å²) >= 11 is 0. The fourth-order valence-electron chi connectivity index (χ4n) is 5.36. The number of carbonyl (C=O) groups is 1. The molecule has 5 heterocycles. The lowest BCUT2D eigenvalue weighted by atomic mass is 10.0. The minimum atomic E-state index is -0.944. The minimum Gasteiger partial charge on any atom is -0.486 e. The summed E-state index contributed by atoms with van der Waals surface area (Å²) in [5.41, 5.74) is 1.91. The minimum absolute atomic E-state index is 0.155. The van der Waals surface area contributed by atoms with Crippen LogP contribution in [0.4, 0.5) is 5.82 Å². The summed E-state index contributed by atoms with van der Waals surface area (Å²) < 4.78 is 24.0. The Balaban J connectivity index is 1.17. The Kier molecular flexibility index (Phi) is 7.07. The van der Waals surface area contributed by atoms with E-state index >= 15 is 0 Å². The highest BCUT2D eigenvalue weighted by molar-refractivity contribution is 5.89. The highest BCUT2D eigenvalue weighted by Crippen LogP contribution is 2.34. The number of hydrogen-bond acceptors (Lipinski definition) is 11. The molecule has 1 amide bonds. The number of benzene rings is 2. The maximum Gasteiger partial charge on any atom is 0.244 e. The van der Waals surface area contributed by atoms with Gasteiger partial charge in [-0.05, 0) is 41.5 Å². The zero-order valence-corrected chi connectivity index (χ0v) is 23.0. The lowest BCUT2D eigenvalue weighted by molar-refractivity contribution is -0.126. The molecule has 1 fully saturated rings. The van der Waals surface area contributed by atoms with Crippen LogP contribution in [-0.2, 0) is 22.7 Å². The number of nitrogens with one attached hydrogen (secondary N) is 1. The van der Waals surface area contributed by atoms with Gasteiger partial charge in [0.15, 0.2) is 23.0 Å². The van der Waals surface area contributed by atoms with Crippen molar-refractivity contribution in [2.45, 2.75) is 19.1 Å². The van der Waals surface area contributed by atoms with Gasteiger partial charge in [0.05, 0.1) is 0 Å². The third-order valence-electron chi connectivity index (χ3n) is 7.41. The second-order valence-corrected chi connectivity index (χ2v) is 10.1. The summed E-state index contributed by atoms with van der Waals surface area (Å²) in [7, 11) is 0. The number of amides is 1. The number of ether oxygens (including phenoxy) is 4. The van der Waals surface area contributed by atoms with Gasteiger partial charge in [-0.25, -0.2) is 14.8 Å². The van der Waals surface area contributed by atoms with Crippen LogP contribution in [0.5, 0.6) is 23.0 Å². The zero-order valence-electron chi connectivity index (χ0n) is 23.0. The van der Waals surface area contributed by atoms with E-state index in [1.165, 1.54) is 0 Å². The van der Waals surface area contributed by atoms with Gasteiger partial charge in [-0.1, -0.05) is 12.1 Å². The van der Waals surface area contributed by atoms with E-state index in [-0.39, 0.29) is 24.9 Å². The molecular formula is C30H27N7O6. The first-order chi connectivity index (χ1) is 21.2. The average Bonchev–Trinajstić information content (AvgIpc) is 3.76. The first-order valence-electron chi connectivity index (χ1n) is 13.8. The van der Waals surface area contributed by atoms with Gasteiger partial charge in [-0.15, -0.1) is 0 Å². The first kappa shape index (κ1) is 26.5. The summed E-state index contributed by atoms with van der Waals surface area (Å²) in [6.45, 7) is 2.62. The van der Waals surface area contributed by atoms with E-state index in [1.54, 1.807) is 40.5 Å². The summed E-state index contributed by atoms with van der Waals surface area (Å²) in [4.78, 5) is 43.2. The molecule has 1 saturated heterocycles. The van der Waals surface area contributed by atoms with Crippen molar-refractivity contribution in [2.24, 2.45) is 0 Å². The molecule has 2 aromatic carbocycles. The van der Waals surface area contributed by atoms with Crippen molar-refractivity contribution in [2.75, 3.05) is 38.0 Å². The summed E-state index contributed by atoms with van der Waals surface area (Å²) in [5.74, 6) is 5.22. The smallest absolute Gasteiger partial charge is 0.244 e. The SMILES string of the molecule is O=C=C1C(C(=O)NCc2ccc3c(c2)OCCO3)N(Cc2ccc3c(c2)OCO3)CCN1c1ccnc(-n2ccnc2)n1. The Labute approximate surface area is 246 Å². The molecule has 2 aromatic heterocycles. The summed E-state index contributed by atoms with van der Waals surface area (Å²) in [6.07, 6.45) is 6.56. The van der Waals surface area contributed by atoms with Crippen LogP contribution < -0.4 is 29.2 Å². The van der Waals surface area contributed by atoms with E-state index < -0.39 is 6.04 Å². The van der Waals surface area contributed by atoms with Crippen molar-refractivity contribution >= 4 is 17.7 Å². The molecule has 0 radical (unpaired) electrons. The van der Waals surface area contributed by atoms with Crippen LogP contribution in [0.2, 0.25) is 0 Å². The monoisotopic (exact) mass is 581 g/mol. The van der Waals surface area contributed by atoms with Gasteiger partial charge in [-0.2, -0.15) is 4.98 Å². The zero-order chi connectivity index (χ0) is 29.2. The van der Waals surface area contributed by atoms with Crippen molar-refractivity contribution in [3.63, 3.8) is 0 Å². The second kappa shape index (κ2) is 11.5. The number of imidazole rings is 1. The highest BCUT2D eigenvalue weighted by atomic mass is 16.7. The van der Waals surface area contributed by atoms with Crippen molar-refractivity contribution in [1.82, 2.24) is 29.7 Å². The van der Waals surface area contributed by atoms with E-state index in [0.29, 0.717) is 67.6 Å². The largest absolute Gasteiger partial charge is 0.486 e. The Morgan fingerprint density at radius 3 is 2.53 bits per heavy atom. The molecule has 1 atom stereocenters. The molecule has 3 aliphatic heterocycles. The van der Waals surface area contributed by atoms with Gasteiger partial charge >= 0.3 is 0 Å². The Morgan fingerprint density at radius 2 is 1.70 bits per heavy atom. The van der Waals surface area contributed by atoms with Crippen LogP contribution in [-0.4, -0.2) is 75.4 Å². The third kappa shape index (κ3) is 5.34. The van der Waals surface area contributed by atoms with Crippen molar-refractivity contribution in [3.05, 3.63) is 84.2 Å². The number of piperazine rings is 1. The van der Waals surface area contributed by atoms with E-state index in [9.17, 15) is 9.59 Å². The predicted molar refractivity (Wildman–Crippen MR) is 152 cm³/mol. The van der Waals surface area contributed by atoms with Crippen LogP contribution in [0.15, 0.2) is 73.1 Å². The standard InChI is InChI=1S/C30H27N7O6/c38-17-22-28(29(39)33-15-20-1-3-23-25(13-20)41-12-11-40-23)35(16-21-2-4-24-26(14-21)43-19-42-24)9-10-37(22)27-5-6-32-30(34-27)36-8-7-31-18-36/h1-8,13-14,18,28H,9-12,15-16,19H2,(H,33,39). The number of carbonyl (C=O) groups excluding carboxylic acids is 2.